The summed E-state index contributed by atoms with van der Waals surface area (Å²) in [6, 6.07) is 3.80. The third-order valence-electron chi connectivity index (χ3n) is 4.93. The van der Waals surface area contributed by atoms with Gasteiger partial charge in [0.2, 0.25) is 5.91 Å². The molecule has 0 aliphatic carbocycles. The molecule has 120 valence electrons. The number of nitrogens with zero attached hydrogens (tertiary/aromatic N) is 3. The van der Waals surface area contributed by atoms with Crippen LogP contribution in [0.4, 0.5) is 0 Å². The highest BCUT2D eigenvalue weighted by molar-refractivity contribution is 5.79. The van der Waals surface area contributed by atoms with Crippen LogP contribution in [0.5, 0.6) is 0 Å². The Bertz CT molecular complexity index is 488. The minimum Gasteiger partial charge on any atom is -0.396 e. The highest BCUT2D eigenvalue weighted by atomic mass is 16.3. The third kappa shape index (κ3) is 3.65. The maximum absolute atomic E-state index is 12.5. The van der Waals surface area contributed by atoms with Crippen LogP contribution >= 0.6 is 0 Å². The van der Waals surface area contributed by atoms with Crippen LogP contribution in [-0.2, 0) is 11.2 Å². The third-order valence-corrected chi connectivity index (χ3v) is 4.93. The Hall–Kier alpha value is -1.46. The van der Waals surface area contributed by atoms with Crippen molar-refractivity contribution in [2.75, 3.05) is 39.3 Å². The Morgan fingerprint density at radius 3 is 2.73 bits per heavy atom. The first-order valence-electron chi connectivity index (χ1n) is 8.26. The van der Waals surface area contributed by atoms with Gasteiger partial charge in [0.05, 0.1) is 6.42 Å². The molecule has 1 N–H and O–H groups in total. The summed E-state index contributed by atoms with van der Waals surface area (Å²) < 4.78 is 0. The first kappa shape index (κ1) is 15.4. The maximum Gasteiger partial charge on any atom is 0.227 e. The number of aliphatic hydroxyl groups excluding tert-OH is 1. The summed E-state index contributed by atoms with van der Waals surface area (Å²) in [7, 11) is 0. The van der Waals surface area contributed by atoms with E-state index in [0.29, 0.717) is 18.9 Å². The molecule has 2 aliphatic heterocycles. The Morgan fingerprint density at radius 1 is 1.27 bits per heavy atom. The summed E-state index contributed by atoms with van der Waals surface area (Å²) >= 11 is 0. The molecule has 1 amide bonds. The molecule has 0 bridgehead atoms. The lowest BCUT2D eigenvalue weighted by Gasteiger charge is -2.22. The van der Waals surface area contributed by atoms with Crippen molar-refractivity contribution in [2.45, 2.75) is 19.3 Å². The lowest BCUT2D eigenvalue weighted by Crippen LogP contribution is -2.33. The second-order valence-corrected chi connectivity index (χ2v) is 6.55. The Kier molecular flexibility index (Phi) is 5.05. The van der Waals surface area contributed by atoms with Gasteiger partial charge in [-0.3, -0.25) is 9.78 Å². The van der Waals surface area contributed by atoms with Crippen LogP contribution in [0.25, 0.3) is 0 Å². The van der Waals surface area contributed by atoms with Gasteiger partial charge in [-0.25, -0.2) is 0 Å². The smallest absolute Gasteiger partial charge is 0.227 e. The quantitative estimate of drug-likeness (QED) is 0.874. The molecule has 1 aromatic heterocycles. The van der Waals surface area contributed by atoms with Gasteiger partial charge < -0.3 is 14.9 Å². The molecule has 3 rings (SSSR count). The zero-order chi connectivity index (χ0) is 15.4. The van der Waals surface area contributed by atoms with Gasteiger partial charge in [-0.15, -0.1) is 0 Å². The second kappa shape index (κ2) is 7.20. The summed E-state index contributed by atoms with van der Waals surface area (Å²) in [5.74, 6) is 0.773. The van der Waals surface area contributed by atoms with Crippen molar-refractivity contribution >= 4 is 5.91 Å². The van der Waals surface area contributed by atoms with Gasteiger partial charge in [0, 0.05) is 44.6 Å². The van der Waals surface area contributed by atoms with Gasteiger partial charge in [-0.2, -0.15) is 0 Å². The molecule has 5 nitrogen and oxygen atoms in total. The topological polar surface area (TPSA) is 56.7 Å². The first-order valence-corrected chi connectivity index (χ1v) is 8.26. The van der Waals surface area contributed by atoms with E-state index in [1.54, 1.807) is 12.4 Å². The number of hydrogen-bond donors (Lipinski definition) is 1. The lowest BCUT2D eigenvalue weighted by molar-refractivity contribution is -0.129. The molecule has 0 aromatic carbocycles. The molecule has 3 heterocycles. The Morgan fingerprint density at radius 2 is 2.05 bits per heavy atom. The number of likely N-dealkylation sites (tertiary alicyclic amines) is 2. The number of aromatic nitrogens is 1. The monoisotopic (exact) mass is 303 g/mol. The number of hydrogen-bond acceptors (Lipinski definition) is 4. The zero-order valence-electron chi connectivity index (χ0n) is 13.0. The number of amides is 1. The van der Waals surface area contributed by atoms with Crippen LogP contribution in [0.1, 0.15) is 18.4 Å². The highest BCUT2D eigenvalue weighted by Gasteiger charge is 2.35. The molecular formula is C17H25N3O2. The molecule has 2 fully saturated rings. The molecule has 0 radical (unpaired) electrons. The van der Waals surface area contributed by atoms with E-state index in [9.17, 15) is 9.90 Å². The van der Waals surface area contributed by atoms with Crippen molar-refractivity contribution in [3.8, 4) is 0 Å². The summed E-state index contributed by atoms with van der Waals surface area (Å²) in [6.45, 7) is 4.99. The van der Waals surface area contributed by atoms with Crippen molar-refractivity contribution in [1.82, 2.24) is 14.8 Å². The molecule has 2 saturated heterocycles. The van der Waals surface area contributed by atoms with E-state index in [1.165, 1.54) is 12.8 Å². The van der Waals surface area contributed by atoms with Crippen LogP contribution < -0.4 is 0 Å². The van der Waals surface area contributed by atoms with Crippen LogP contribution in [0, 0.1) is 11.8 Å². The summed E-state index contributed by atoms with van der Waals surface area (Å²) in [5.41, 5.74) is 0.955. The SMILES string of the molecule is O=C(Cc1cccnc1)N1C[C@@H](CN2CCCC2)[C@@H](CO)C1. The largest absolute Gasteiger partial charge is 0.396 e. The van der Waals surface area contributed by atoms with E-state index in [2.05, 4.69) is 9.88 Å². The van der Waals surface area contributed by atoms with Gasteiger partial charge in [0.25, 0.3) is 0 Å². The summed E-state index contributed by atoms with van der Waals surface area (Å²) in [5, 5.41) is 9.63. The van der Waals surface area contributed by atoms with Crippen LogP contribution in [0.2, 0.25) is 0 Å². The number of rotatable bonds is 5. The average Bonchev–Trinajstić information content (AvgIpc) is 3.18. The van der Waals surface area contributed by atoms with Gasteiger partial charge in [0.1, 0.15) is 0 Å². The standard InChI is InChI=1S/C17H25N3O2/c21-13-16-12-20(11-15(16)10-19-6-1-2-7-19)17(22)8-14-4-3-5-18-9-14/h3-5,9,15-16,21H,1-2,6-8,10-13H2/t15-,16-/m1/s1. The summed E-state index contributed by atoms with van der Waals surface area (Å²) in [6.07, 6.45) is 6.43. The molecule has 0 saturated carbocycles. The van der Waals surface area contributed by atoms with Gasteiger partial charge in [-0.1, -0.05) is 6.07 Å². The van der Waals surface area contributed by atoms with Crippen LogP contribution in [0.3, 0.4) is 0 Å². The van der Waals surface area contributed by atoms with Crippen molar-refractivity contribution in [1.29, 1.82) is 0 Å². The van der Waals surface area contributed by atoms with Crippen molar-refractivity contribution < 1.29 is 9.90 Å². The fourth-order valence-corrected chi connectivity index (χ4v) is 3.64. The number of carbonyl (C=O) groups is 1. The fraction of sp³-hybridized carbons (Fsp3) is 0.647. The highest BCUT2D eigenvalue weighted by Crippen LogP contribution is 2.26. The predicted molar refractivity (Wildman–Crippen MR) is 84.3 cm³/mol. The van der Waals surface area contributed by atoms with E-state index in [1.807, 2.05) is 17.0 Å². The van der Waals surface area contributed by atoms with E-state index in [4.69, 9.17) is 0 Å². The van der Waals surface area contributed by atoms with Crippen molar-refractivity contribution in [3.63, 3.8) is 0 Å². The molecule has 5 heteroatoms. The van der Waals surface area contributed by atoms with Gasteiger partial charge in [-0.05, 0) is 43.5 Å². The Balaban J connectivity index is 1.57. The predicted octanol–water partition coefficient (Wildman–Crippen LogP) is 0.787. The average molecular weight is 303 g/mol. The summed E-state index contributed by atoms with van der Waals surface area (Å²) in [4.78, 5) is 20.9. The number of aliphatic hydroxyl groups is 1. The van der Waals surface area contributed by atoms with E-state index < -0.39 is 0 Å². The van der Waals surface area contributed by atoms with Crippen molar-refractivity contribution in [2.24, 2.45) is 11.8 Å². The maximum atomic E-state index is 12.5. The first-order chi connectivity index (χ1) is 10.8. The van der Waals surface area contributed by atoms with Gasteiger partial charge >= 0.3 is 0 Å². The molecule has 22 heavy (non-hydrogen) atoms. The number of pyridine rings is 1. The fourth-order valence-electron chi connectivity index (χ4n) is 3.64. The van der Waals surface area contributed by atoms with E-state index >= 15 is 0 Å². The Labute approximate surface area is 131 Å². The molecule has 0 unspecified atom stereocenters. The van der Waals surface area contributed by atoms with E-state index in [-0.39, 0.29) is 18.4 Å². The molecular weight excluding hydrogens is 278 g/mol. The molecule has 1 aromatic rings. The normalized spacial score (nSPS) is 25.8. The minimum absolute atomic E-state index is 0.148. The number of carbonyl (C=O) groups excluding carboxylic acids is 1. The van der Waals surface area contributed by atoms with Crippen LogP contribution in [0.15, 0.2) is 24.5 Å². The zero-order valence-corrected chi connectivity index (χ0v) is 13.0. The molecule has 0 spiro atoms. The second-order valence-electron chi connectivity index (χ2n) is 6.55. The van der Waals surface area contributed by atoms with E-state index in [0.717, 1.165) is 31.7 Å². The van der Waals surface area contributed by atoms with Crippen molar-refractivity contribution in [3.05, 3.63) is 30.1 Å². The molecule has 2 aliphatic rings. The molecule has 2 atom stereocenters. The lowest BCUT2D eigenvalue weighted by atomic mass is 9.96. The van der Waals surface area contributed by atoms with Gasteiger partial charge in [0.15, 0.2) is 0 Å². The van der Waals surface area contributed by atoms with Crippen LogP contribution in [-0.4, -0.2) is 65.1 Å². The minimum atomic E-state index is 0.148.